The quantitative estimate of drug-likeness (QED) is 0.806. The lowest BCUT2D eigenvalue weighted by Crippen LogP contribution is -2.50. The molecule has 3 aliphatic heterocycles. The van der Waals surface area contributed by atoms with Crippen LogP contribution in [0.1, 0.15) is 30.2 Å². The van der Waals surface area contributed by atoms with Gasteiger partial charge < -0.3 is 18.8 Å². The number of rotatable bonds is 3. The Hall–Kier alpha value is -2.83. The Balaban J connectivity index is 1.29. The molecule has 0 N–H and O–H groups in total. The first-order valence-corrected chi connectivity index (χ1v) is 9.87. The molecule has 2 fully saturated rings. The zero-order valence-electron chi connectivity index (χ0n) is 15.6. The van der Waals surface area contributed by atoms with Gasteiger partial charge in [0.2, 0.25) is 11.8 Å². The molecule has 2 bridgehead atoms. The smallest absolute Gasteiger partial charge is 0.250 e. The molecule has 2 aromatic heterocycles. The molecule has 2 saturated heterocycles. The minimum atomic E-state index is -0.292. The van der Waals surface area contributed by atoms with Crippen LogP contribution in [-0.4, -0.2) is 45.8 Å². The second-order valence-corrected chi connectivity index (χ2v) is 8.20. The van der Waals surface area contributed by atoms with Crippen LogP contribution >= 0.6 is 0 Å². The van der Waals surface area contributed by atoms with Gasteiger partial charge in [0.1, 0.15) is 5.76 Å². The first kappa shape index (κ1) is 17.3. The number of furan rings is 1. The molecule has 0 aliphatic carbocycles. The van der Waals surface area contributed by atoms with E-state index in [9.17, 15) is 14.4 Å². The molecule has 0 saturated carbocycles. The van der Waals surface area contributed by atoms with Gasteiger partial charge in [0.15, 0.2) is 0 Å². The number of piperidine rings is 1. The van der Waals surface area contributed by atoms with E-state index in [0.717, 1.165) is 17.9 Å². The molecule has 28 heavy (non-hydrogen) atoms. The Morgan fingerprint density at radius 1 is 1.07 bits per heavy atom. The Morgan fingerprint density at radius 2 is 1.96 bits per heavy atom. The fraction of sp³-hybridized carbons (Fsp3) is 0.476. The Bertz CT molecular complexity index is 964. The fourth-order valence-electron chi connectivity index (χ4n) is 5.02. The highest BCUT2D eigenvalue weighted by atomic mass is 16.3. The van der Waals surface area contributed by atoms with E-state index in [-0.39, 0.29) is 35.6 Å². The van der Waals surface area contributed by atoms with Crippen LogP contribution in [0.2, 0.25) is 0 Å². The summed E-state index contributed by atoms with van der Waals surface area (Å²) in [7, 11) is 0. The summed E-state index contributed by atoms with van der Waals surface area (Å²) in [4.78, 5) is 41.3. The molecule has 146 valence electrons. The van der Waals surface area contributed by atoms with E-state index < -0.39 is 0 Å². The molecule has 0 radical (unpaired) electrons. The van der Waals surface area contributed by atoms with Gasteiger partial charge in [-0.2, -0.15) is 0 Å². The van der Waals surface area contributed by atoms with Crippen molar-refractivity contribution in [1.82, 2.24) is 14.4 Å². The van der Waals surface area contributed by atoms with E-state index in [1.54, 1.807) is 29.4 Å². The summed E-state index contributed by atoms with van der Waals surface area (Å²) in [6.45, 7) is 2.82. The molecule has 2 aromatic rings. The minimum absolute atomic E-state index is 0.00357. The van der Waals surface area contributed by atoms with Crippen LogP contribution in [0.5, 0.6) is 0 Å². The van der Waals surface area contributed by atoms with Gasteiger partial charge in [0.05, 0.1) is 18.7 Å². The number of hydrogen-bond acceptors (Lipinski definition) is 4. The third-order valence-electron chi connectivity index (χ3n) is 6.28. The lowest BCUT2D eigenvalue weighted by molar-refractivity contribution is -0.138. The molecular weight excluding hydrogens is 358 g/mol. The van der Waals surface area contributed by atoms with Gasteiger partial charge in [-0.15, -0.1) is 0 Å². The molecule has 0 spiro atoms. The van der Waals surface area contributed by atoms with Crippen LogP contribution in [-0.2, 0) is 22.7 Å². The second kappa shape index (κ2) is 6.65. The first-order valence-electron chi connectivity index (χ1n) is 9.87. The lowest BCUT2D eigenvalue weighted by atomic mass is 9.82. The summed E-state index contributed by atoms with van der Waals surface area (Å²) in [5.41, 5.74) is 1.07. The van der Waals surface area contributed by atoms with Gasteiger partial charge >= 0.3 is 0 Å². The third kappa shape index (κ3) is 2.95. The number of pyridine rings is 1. The Morgan fingerprint density at radius 3 is 2.79 bits per heavy atom. The predicted octanol–water partition coefficient (Wildman–Crippen LogP) is 1.44. The predicted molar refractivity (Wildman–Crippen MR) is 100 cm³/mol. The minimum Gasteiger partial charge on any atom is -0.467 e. The molecule has 0 aromatic carbocycles. The van der Waals surface area contributed by atoms with Crippen molar-refractivity contribution in [3.8, 4) is 0 Å². The number of fused-ring (bicyclic) bond motifs is 4. The monoisotopic (exact) mass is 381 g/mol. The average molecular weight is 381 g/mol. The van der Waals surface area contributed by atoms with Gasteiger partial charge in [-0.3, -0.25) is 14.4 Å². The molecule has 7 heteroatoms. The van der Waals surface area contributed by atoms with Crippen LogP contribution in [0.3, 0.4) is 0 Å². The van der Waals surface area contributed by atoms with Gasteiger partial charge in [-0.1, -0.05) is 6.07 Å². The van der Waals surface area contributed by atoms with Crippen LogP contribution in [0.15, 0.2) is 45.8 Å². The van der Waals surface area contributed by atoms with Gasteiger partial charge in [-0.05, 0) is 30.5 Å². The van der Waals surface area contributed by atoms with Crippen molar-refractivity contribution in [3.05, 3.63) is 58.4 Å². The van der Waals surface area contributed by atoms with E-state index in [0.29, 0.717) is 38.6 Å². The standard InChI is InChI=1S/C21H23N3O4/c25-19-5-1-4-18-15-7-14(10-24(18)19)9-23(11-15)21(27)16-8-20(26)22(12-16)13-17-3-2-6-28-17/h1-6,14-16H,7-13H2/t14-,15-,16?/m1/s1. The lowest BCUT2D eigenvalue weighted by Gasteiger charge is -2.43. The van der Waals surface area contributed by atoms with Crippen molar-refractivity contribution in [2.24, 2.45) is 11.8 Å². The van der Waals surface area contributed by atoms with E-state index in [1.807, 2.05) is 21.6 Å². The number of nitrogens with zero attached hydrogens (tertiary/aromatic N) is 3. The van der Waals surface area contributed by atoms with E-state index >= 15 is 0 Å². The number of aromatic nitrogens is 1. The van der Waals surface area contributed by atoms with Crippen molar-refractivity contribution in [2.75, 3.05) is 19.6 Å². The highest BCUT2D eigenvalue weighted by Gasteiger charge is 2.41. The van der Waals surface area contributed by atoms with Gasteiger partial charge in [0, 0.05) is 50.3 Å². The van der Waals surface area contributed by atoms with Gasteiger partial charge in [-0.25, -0.2) is 0 Å². The molecule has 5 rings (SSSR count). The third-order valence-corrected chi connectivity index (χ3v) is 6.28. The maximum absolute atomic E-state index is 13.2. The summed E-state index contributed by atoms with van der Waals surface area (Å²) in [6.07, 6.45) is 2.87. The summed E-state index contributed by atoms with van der Waals surface area (Å²) in [5.74, 6) is 1.00. The molecule has 3 atom stereocenters. The van der Waals surface area contributed by atoms with Crippen LogP contribution < -0.4 is 5.56 Å². The van der Waals surface area contributed by atoms with Crippen LogP contribution in [0.4, 0.5) is 0 Å². The summed E-state index contributed by atoms with van der Waals surface area (Å²) in [6, 6.07) is 9.05. The number of carbonyl (C=O) groups is 2. The number of likely N-dealkylation sites (tertiary alicyclic amines) is 2. The second-order valence-electron chi connectivity index (χ2n) is 8.20. The Kier molecular flexibility index (Phi) is 4.10. The molecule has 5 heterocycles. The molecular formula is C21H23N3O4. The van der Waals surface area contributed by atoms with Crippen molar-refractivity contribution in [1.29, 1.82) is 0 Å². The zero-order chi connectivity index (χ0) is 19.3. The van der Waals surface area contributed by atoms with E-state index in [4.69, 9.17) is 4.42 Å². The van der Waals surface area contributed by atoms with E-state index in [2.05, 4.69) is 0 Å². The summed E-state index contributed by atoms with van der Waals surface area (Å²) >= 11 is 0. The highest BCUT2D eigenvalue weighted by molar-refractivity contribution is 5.89. The van der Waals surface area contributed by atoms with Crippen molar-refractivity contribution >= 4 is 11.8 Å². The molecule has 1 unspecified atom stereocenters. The normalized spacial score (nSPS) is 26.4. The van der Waals surface area contributed by atoms with Crippen molar-refractivity contribution < 1.29 is 14.0 Å². The first-order chi connectivity index (χ1) is 13.6. The summed E-state index contributed by atoms with van der Waals surface area (Å²) < 4.78 is 7.20. The van der Waals surface area contributed by atoms with Crippen LogP contribution in [0.25, 0.3) is 0 Å². The molecule has 2 amide bonds. The summed E-state index contributed by atoms with van der Waals surface area (Å²) in [5, 5.41) is 0. The Labute approximate surface area is 162 Å². The maximum atomic E-state index is 13.2. The largest absolute Gasteiger partial charge is 0.467 e. The van der Waals surface area contributed by atoms with E-state index in [1.165, 1.54) is 0 Å². The van der Waals surface area contributed by atoms with Gasteiger partial charge in [0.25, 0.3) is 5.56 Å². The van der Waals surface area contributed by atoms with Crippen molar-refractivity contribution in [3.63, 3.8) is 0 Å². The molecule has 3 aliphatic rings. The highest BCUT2D eigenvalue weighted by Crippen LogP contribution is 2.36. The van der Waals surface area contributed by atoms with Crippen molar-refractivity contribution in [2.45, 2.75) is 31.8 Å². The molecule has 7 nitrogen and oxygen atoms in total. The number of carbonyl (C=O) groups excluding carboxylic acids is 2. The fourth-order valence-corrected chi connectivity index (χ4v) is 5.02. The maximum Gasteiger partial charge on any atom is 0.250 e. The number of amides is 2. The average Bonchev–Trinajstić information content (AvgIpc) is 3.32. The SMILES string of the molecule is O=C1CC(C(=O)N2C[C@H]3C[C@H](C2)c2cccc(=O)n2C3)CN1Cc1ccco1. The topological polar surface area (TPSA) is 75.8 Å². The van der Waals surface area contributed by atoms with Crippen LogP contribution in [0, 0.1) is 11.8 Å². The zero-order valence-corrected chi connectivity index (χ0v) is 15.6. The number of hydrogen-bond donors (Lipinski definition) is 0.